The molecule has 106 valence electrons. The predicted octanol–water partition coefficient (Wildman–Crippen LogP) is 3.12. The molecule has 0 fully saturated rings. The van der Waals surface area contributed by atoms with E-state index in [1.54, 1.807) is 12.1 Å². The van der Waals surface area contributed by atoms with E-state index in [9.17, 15) is 4.79 Å². The molecule has 0 aliphatic rings. The summed E-state index contributed by atoms with van der Waals surface area (Å²) < 4.78 is 0. The molecule has 0 bridgehead atoms. The van der Waals surface area contributed by atoms with Crippen molar-refractivity contribution in [1.29, 1.82) is 5.26 Å². The van der Waals surface area contributed by atoms with Crippen LogP contribution < -0.4 is 5.32 Å². The highest BCUT2D eigenvalue weighted by Gasteiger charge is 2.03. The third-order valence-electron chi connectivity index (χ3n) is 3.31. The maximum atomic E-state index is 11.8. The number of nitrogens with zero attached hydrogens (tertiary/aromatic N) is 1. The molecule has 0 saturated carbocycles. The van der Waals surface area contributed by atoms with E-state index in [0.29, 0.717) is 18.5 Å². The molecule has 0 radical (unpaired) electrons. The van der Waals surface area contributed by atoms with Crippen LogP contribution in [0.5, 0.6) is 0 Å². The highest BCUT2D eigenvalue weighted by molar-refractivity contribution is 5.76. The van der Waals surface area contributed by atoms with E-state index >= 15 is 0 Å². The SMILES string of the molecule is Cc1ccc(CCC(=O)NCc2cccc(C#N)c2)cc1. The molecule has 0 heterocycles. The van der Waals surface area contributed by atoms with Crippen molar-refractivity contribution in [2.75, 3.05) is 0 Å². The number of hydrogen-bond acceptors (Lipinski definition) is 2. The minimum absolute atomic E-state index is 0.0259. The van der Waals surface area contributed by atoms with Gasteiger partial charge >= 0.3 is 0 Å². The summed E-state index contributed by atoms with van der Waals surface area (Å²) >= 11 is 0. The first-order chi connectivity index (χ1) is 10.2. The average molecular weight is 278 g/mol. The summed E-state index contributed by atoms with van der Waals surface area (Å²) in [7, 11) is 0. The van der Waals surface area contributed by atoms with Crippen molar-refractivity contribution in [2.24, 2.45) is 0 Å². The molecule has 2 aromatic carbocycles. The van der Waals surface area contributed by atoms with Gasteiger partial charge in [0.25, 0.3) is 0 Å². The van der Waals surface area contributed by atoms with Crippen LogP contribution in [-0.2, 0) is 17.8 Å². The van der Waals surface area contributed by atoms with Gasteiger partial charge in [0, 0.05) is 13.0 Å². The van der Waals surface area contributed by atoms with Crippen LogP contribution in [0.25, 0.3) is 0 Å². The summed E-state index contributed by atoms with van der Waals surface area (Å²) in [5.74, 6) is 0.0259. The highest BCUT2D eigenvalue weighted by Crippen LogP contribution is 2.07. The molecule has 0 aromatic heterocycles. The van der Waals surface area contributed by atoms with Crippen LogP contribution in [0.1, 0.15) is 28.7 Å². The van der Waals surface area contributed by atoms with Gasteiger partial charge in [0.2, 0.25) is 5.91 Å². The van der Waals surface area contributed by atoms with E-state index < -0.39 is 0 Å². The van der Waals surface area contributed by atoms with Crippen LogP contribution in [-0.4, -0.2) is 5.91 Å². The topological polar surface area (TPSA) is 52.9 Å². The first-order valence-electron chi connectivity index (χ1n) is 6.98. The Bertz CT molecular complexity index is 654. The molecule has 0 saturated heterocycles. The zero-order valence-electron chi connectivity index (χ0n) is 12.1. The molecule has 3 heteroatoms. The second kappa shape index (κ2) is 7.25. The van der Waals surface area contributed by atoms with Crippen LogP contribution in [0.3, 0.4) is 0 Å². The Hall–Kier alpha value is -2.60. The normalized spacial score (nSPS) is 9.90. The standard InChI is InChI=1S/C18H18N2O/c1-14-5-7-15(8-6-14)9-10-18(21)20-13-17-4-2-3-16(11-17)12-19/h2-8,11H,9-10,13H2,1H3,(H,20,21). The van der Waals surface area contributed by atoms with Gasteiger partial charge in [-0.2, -0.15) is 5.26 Å². The lowest BCUT2D eigenvalue weighted by Crippen LogP contribution is -2.23. The lowest BCUT2D eigenvalue weighted by atomic mass is 10.1. The third-order valence-corrected chi connectivity index (χ3v) is 3.31. The van der Waals surface area contributed by atoms with E-state index in [1.165, 1.54) is 11.1 Å². The van der Waals surface area contributed by atoms with E-state index in [4.69, 9.17) is 5.26 Å². The number of amides is 1. The molecule has 0 aliphatic carbocycles. The molecule has 1 N–H and O–H groups in total. The molecule has 1 amide bonds. The van der Waals surface area contributed by atoms with Crippen molar-refractivity contribution in [3.63, 3.8) is 0 Å². The number of carbonyl (C=O) groups is 1. The monoisotopic (exact) mass is 278 g/mol. The molecule has 0 spiro atoms. The zero-order valence-corrected chi connectivity index (χ0v) is 12.1. The number of rotatable bonds is 5. The number of benzene rings is 2. The Kier molecular flexibility index (Phi) is 5.11. The van der Waals surface area contributed by atoms with E-state index in [-0.39, 0.29) is 5.91 Å². The van der Waals surface area contributed by atoms with Gasteiger partial charge in [0.05, 0.1) is 11.6 Å². The van der Waals surface area contributed by atoms with Gasteiger partial charge in [0.15, 0.2) is 0 Å². The second-order valence-electron chi connectivity index (χ2n) is 5.07. The smallest absolute Gasteiger partial charge is 0.220 e. The Morgan fingerprint density at radius 3 is 2.62 bits per heavy atom. The van der Waals surface area contributed by atoms with Crippen LogP contribution in [0.15, 0.2) is 48.5 Å². The molecule has 0 aliphatic heterocycles. The van der Waals surface area contributed by atoms with Crippen LogP contribution in [0, 0.1) is 18.3 Å². The summed E-state index contributed by atoms with van der Waals surface area (Å²) in [6.45, 7) is 2.51. The van der Waals surface area contributed by atoms with Crippen molar-refractivity contribution in [3.05, 3.63) is 70.8 Å². The van der Waals surface area contributed by atoms with Gasteiger partial charge in [-0.15, -0.1) is 0 Å². The van der Waals surface area contributed by atoms with Crippen molar-refractivity contribution in [1.82, 2.24) is 5.32 Å². The number of nitrogens with one attached hydrogen (secondary N) is 1. The number of hydrogen-bond donors (Lipinski definition) is 1. The Morgan fingerprint density at radius 1 is 1.14 bits per heavy atom. The Balaban J connectivity index is 1.79. The summed E-state index contributed by atoms with van der Waals surface area (Å²) in [6.07, 6.45) is 1.21. The maximum absolute atomic E-state index is 11.8. The second-order valence-corrected chi connectivity index (χ2v) is 5.07. The largest absolute Gasteiger partial charge is 0.352 e. The van der Waals surface area contributed by atoms with Crippen LogP contribution in [0.2, 0.25) is 0 Å². The maximum Gasteiger partial charge on any atom is 0.220 e. The molecule has 3 nitrogen and oxygen atoms in total. The number of carbonyl (C=O) groups excluding carboxylic acids is 1. The van der Waals surface area contributed by atoms with Gasteiger partial charge in [-0.3, -0.25) is 4.79 Å². The minimum Gasteiger partial charge on any atom is -0.352 e. The third kappa shape index (κ3) is 4.77. The molecule has 0 unspecified atom stereocenters. The van der Waals surface area contributed by atoms with Crippen molar-refractivity contribution in [2.45, 2.75) is 26.3 Å². The predicted molar refractivity (Wildman–Crippen MR) is 82.5 cm³/mol. The Morgan fingerprint density at radius 2 is 1.90 bits per heavy atom. The van der Waals surface area contributed by atoms with Crippen LogP contribution in [0.4, 0.5) is 0 Å². The number of aryl methyl sites for hydroxylation is 2. The molecule has 21 heavy (non-hydrogen) atoms. The fourth-order valence-electron chi connectivity index (χ4n) is 2.05. The van der Waals surface area contributed by atoms with Crippen molar-refractivity contribution >= 4 is 5.91 Å². The summed E-state index contributed by atoms with van der Waals surface area (Å²) in [5, 5.41) is 11.7. The van der Waals surface area contributed by atoms with Gasteiger partial charge in [-0.1, -0.05) is 42.0 Å². The molecule has 2 rings (SSSR count). The van der Waals surface area contributed by atoms with Crippen molar-refractivity contribution < 1.29 is 4.79 Å². The average Bonchev–Trinajstić information content (AvgIpc) is 2.52. The summed E-state index contributed by atoms with van der Waals surface area (Å²) in [5.41, 5.74) is 3.95. The van der Waals surface area contributed by atoms with Gasteiger partial charge < -0.3 is 5.32 Å². The summed E-state index contributed by atoms with van der Waals surface area (Å²) in [4.78, 5) is 11.8. The molecular formula is C18H18N2O. The first kappa shape index (κ1) is 14.8. The lowest BCUT2D eigenvalue weighted by molar-refractivity contribution is -0.121. The quantitative estimate of drug-likeness (QED) is 0.913. The zero-order chi connectivity index (χ0) is 15.1. The molecule has 0 atom stereocenters. The van der Waals surface area contributed by atoms with Gasteiger partial charge in [-0.05, 0) is 36.6 Å². The Labute approximate surface area is 125 Å². The highest BCUT2D eigenvalue weighted by atomic mass is 16.1. The first-order valence-corrected chi connectivity index (χ1v) is 6.98. The lowest BCUT2D eigenvalue weighted by Gasteiger charge is -2.06. The van der Waals surface area contributed by atoms with Crippen molar-refractivity contribution in [3.8, 4) is 6.07 Å². The fraction of sp³-hybridized carbons (Fsp3) is 0.222. The summed E-state index contributed by atoms with van der Waals surface area (Å²) in [6, 6.07) is 17.6. The fourth-order valence-corrected chi connectivity index (χ4v) is 2.05. The van der Waals surface area contributed by atoms with E-state index in [0.717, 1.165) is 12.0 Å². The minimum atomic E-state index is 0.0259. The van der Waals surface area contributed by atoms with E-state index in [1.807, 2.05) is 19.1 Å². The molecule has 2 aromatic rings. The molecular weight excluding hydrogens is 260 g/mol. The number of nitriles is 1. The van der Waals surface area contributed by atoms with Gasteiger partial charge in [0.1, 0.15) is 0 Å². The van der Waals surface area contributed by atoms with E-state index in [2.05, 4.69) is 35.7 Å². The van der Waals surface area contributed by atoms with Crippen LogP contribution >= 0.6 is 0 Å². The van der Waals surface area contributed by atoms with Gasteiger partial charge in [-0.25, -0.2) is 0 Å².